The van der Waals surface area contributed by atoms with Crippen molar-refractivity contribution in [3.05, 3.63) is 0 Å². The number of hydrogen-bond acceptors (Lipinski definition) is 4. The van der Waals surface area contributed by atoms with Crippen LogP contribution in [0.3, 0.4) is 0 Å². The molecule has 2 aliphatic heterocycles. The Labute approximate surface area is 132 Å². The molecule has 0 aromatic carbocycles. The zero-order valence-electron chi connectivity index (χ0n) is 12.7. The van der Waals surface area contributed by atoms with E-state index in [2.05, 4.69) is 16.0 Å². The molecule has 3 amide bonds. The Bertz CT molecular complexity index is 487. The van der Waals surface area contributed by atoms with Crippen LogP contribution in [0.5, 0.6) is 0 Å². The van der Waals surface area contributed by atoms with Gasteiger partial charge in [-0.3, -0.25) is 14.4 Å². The standard InChI is InChI=1S/C14H22F2N4O3/c15-14(16)3-5-18-10(7-14)13(23)20-9(11(17)21)6-8-2-1-4-19-12(8)22/h8-10,18H,1-7H2,(H2,17,21)(H,19,22)(H,20,23)/t8-,9-,10-/m0/s1. The third kappa shape index (κ3) is 4.85. The van der Waals surface area contributed by atoms with Crippen molar-refractivity contribution in [2.24, 2.45) is 11.7 Å². The third-order valence-electron chi connectivity index (χ3n) is 4.28. The molecular weight excluding hydrogens is 310 g/mol. The fraction of sp³-hybridized carbons (Fsp3) is 0.786. The summed E-state index contributed by atoms with van der Waals surface area (Å²) >= 11 is 0. The molecule has 2 rings (SSSR count). The van der Waals surface area contributed by atoms with Gasteiger partial charge in [0.05, 0.1) is 6.04 Å². The molecule has 0 aliphatic carbocycles. The summed E-state index contributed by atoms with van der Waals surface area (Å²) in [5.41, 5.74) is 5.28. The van der Waals surface area contributed by atoms with Crippen molar-refractivity contribution in [3.8, 4) is 0 Å². The molecule has 0 aromatic rings. The molecule has 0 spiro atoms. The molecule has 0 radical (unpaired) electrons. The van der Waals surface area contributed by atoms with E-state index in [1.807, 2.05) is 0 Å². The second kappa shape index (κ2) is 7.20. The van der Waals surface area contributed by atoms with Crippen molar-refractivity contribution < 1.29 is 23.2 Å². The summed E-state index contributed by atoms with van der Waals surface area (Å²) in [6.07, 6.45) is 0.528. The predicted molar refractivity (Wildman–Crippen MR) is 77.4 cm³/mol. The molecule has 3 atom stereocenters. The lowest BCUT2D eigenvalue weighted by molar-refractivity contribution is -0.133. The second-order valence-corrected chi connectivity index (χ2v) is 6.15. The summed E-state index contributed by atoms with van der Waals surface area (Å²) in [5, 5.41) is 7.80. The second-order valence-electron chi connectivity index (χ2n) is 6.15. The molecule has 2 heterocycles. The summed E-state index contributed by atoms with van der Waals surface area (Å²) in [6.45, 7) is 0.612. The molecule has 9 heteroatoms. The van der Waals surface area contributed by atoms with Crippen LogP contribution in [0.4, 0.5) is 8.78 Å². The molecular formula is C14H22F2N4O3. The fourth-order valence-corrected chi connectivity index (χ4v) is 2.95. The Hall–Kier alpha value is -1.77. The van der Waals surface area contributed by atoms with Gasteiger partial charge >= 0.3 is 0 Å². The average molecular weight is 332 g/mol. The summed E-state index contributed by atoms with van der Waals surface area (Å²) in [7, 11) is 0. The first kappa shape index (κ1) is 17.6. The molecule has 2 fully saturated rings. The van der Waals surface area contributed by atoms with Gasteiger partial charge in [-0.15, -0.1) is 0 Å². The van der Waals surface area contributed by atoms with Gasteiger partial charge in [-0.1, -0.05) is 0 Å². The normalized spacial score (nSPS) is 28.5. The van der Waals surface area contributed by atoms with Crippen LogP contribution in [-0.2, 0) is 14.4 Å². The first-order valence-corrected chi connectivity index (χ1v) is 7.77. The van der Waals surface area contributed by atoms with Crippen LogP contribution in [0.15, 0.2) is 0 Å². The maximum Gasteiger partial charge on any atom is 0.251 e. The predicted octanol–water partition coefficient (Wildman–Crippen LogP) is -0.740. The van der Waals surface area contributed by atoms with Crippen LogP contribution in [0.2, 0.25) is 0 Å². The average Bonchev–Trinajstić information content (AvgIpc) is 2.47. The first-order chi connectivity index (χ1) is 10.8. The van der Waals surface area contributed by atoms with E-state index in [0.717, 1.165) is 6.42 Å². The largest absolute Gasteiger partial charge is 0.368 e. The number of piperidine rings is 2. The number of carbonyl (C=O) groups is 3. The van der Waals surface area contributed by atoms with E-state index in [4.69, 9.17) is 5.73 Å². The van der Waals surface area contributed by atoms with Gasteiger partial charge in [-0.2, -0.15) is 0 Å². The highest BCUT2D eigenvalue weighted by molar-refractivity contribution is 5.90. The summed E-state index contributed by atoms with van der Waals surface area (Å²) < 4.78 is 26.7. The molecule has 0 saturated carbocycles. The highest BCUT2D eigenvalue weighted by atomic mass is 19.3. The van der Waals surface area contributed by atoms with Gasteiger partial charge in [0.1, 0.15) is 6.04 Å². The molecule has 7 nitrogen and oxygen atoms in total. The van der Waals surface area contributed by atoms with Gasteiger partial charge in [-0.05, 0) is 19.3 Å². The first-order valence-electron chi connectivity index (χ1n) is 7.77. The van der Waals surface area contributed by atoms with Crippen LogP contribution >= 0.6 is 0 Å². The minimum Gasteiger partial charge on any atom is -0.368 e. The van der Waals surface area contributed by atoms with Gasteiger partial charge in [0.2, 0.25) is 17.7 Å². The minimum atomic E-state index is -2.90. The number of nitrogens with two attached hydrogens (primary N) is 1. The lowest BCUT2D eigenvalue weighted by Crippen LogP contribution is -2.56. The van der Waals surface area contributed by atoms with E-state index in [1.165, 1.54) is 0 Å². The number of alkyl halides is 2. The van der Waals surface area contributed by atoms with Gasteiger partial charge < -0.3 is 21.7 Å². The van der Waals surface area contributed by atoms with Crippen molar-refractivity contribution in [2.75, 3.05) is 13.1 Å². The number of hydrogen-bond donors (Lipinski definition) is 4. The quantitative estimate of drug-likeness (QED) is 0.531. The monoisotopic (exact) mass is 332 g/mol. The molecule has 130 valence electrons. The van der Waals surface area contributed by atoms with E-state index in [1.54, 1.807) is 0 Å². The Kier molecular flexibility index (Phi) is 5.51. The number of rotatable bonds is 5. The lowest BCUT2D eigenvalue weighted by atomic mass is 9.91. The maximum absolute atomic E-state index is 13.4. The number of amides is 3. The summed E-state index contributed by atoms with van der Waals surface area (Å²) in [4.78, 5) is 35.4. The zero-order valence-corrected chi connectivity index (χ0v) is 12.7. The number of primary amides is 1. The highest BCUT2D eigenvalue weighted by Gasteiger charge is 2.40. The number of nitrogens with one attached hydrogen (secondary N) is 3. The molecule has 2 aliphatic rings. The number of halogens is 2. The van der Waals surface area contributed by atoms with Crippen LogP contribution in [0, 0.1) is 5.92 Å². The molecule has 23 heavy (non-hydrogen) atoms. The fourth-order valence-electron chi connectivity index (χ4n) is 2.95. The van der Waals surface area contributed by atoms with Crippen LogP contribution in [-0.4, -0.2) is 48.8 Å². The smallest absolute Gasteiger partial charge is 0.251 e. The van der Waals surface area contributed by atoms with Crippen molar-refractivity contribution in [2.45, 2.75) is 50.1 Å². The Balaban J connectivity index is 1.94. The van der Waals surface area contributed by atoms with E-state index in [9.17, 15) is 23.2 Å². The van der Waals surface area contributed by atoms with Crippen molar-refractivity contribution in [1.82, 2.24) is 16.0 Å². The Morgan fingerprint density at radius 2 is 2.13 bits per heavy atom. The van der Waals surface area contributed by atoms with Crippen LogP contribution in [0.25, 0.3) is 0 Å². The van der Waals surface area contributed by atoms with Gasteiger partial charge in [0.25, 0.3) is 5.92 Å². The molecule has 0 unspecified atom stereocenters. The Morgan fingerprint density at radius 3 is 2.74 bits per heavy atom. The van der Waals surface area contributed by atoms with Gasteiger partial charge in [0, 0.05) is 31.8 Å². The number of carbonyl (C=O) groups excluding carboxylic acids is 3. The van der Waals surface area contributed by atoms with Crippen molar-refractivity contribution in [1.29, 1.82) is 0 Å². The molecule has 0 aromatic heterocycles. The van der Waals surface area contributed by atoms with Crippen LogP contribution < -0.4 is 21.7 Å². The van der Waals surface area contributed by atoms with Crippen LogP contribution in [0.1, 0.15) is 32.1 Å². The Morgan fingerprint density at radius 1 is 1.39 bits per heavy atom. The summed E-state index contributed by atoms with van der Waals surface area (Å²) in [6, 6.07) is -2.12. The van der Waals surface area contributed by atoms with E-state index in [-0.39, 0.29) is 25.3 Å². The summed E-state index contributed by atoms with van der Waals surface area (Å²) in [5.74, 6) is -4.97. The van der Waals surface area contributed by atoms with E-state index >= 15 is 0 Å². The van der Waals surface area contributed by atoms with E-state index in [0.29, 0.717) is 13.0 Å². The molecule has 2 saturated heterocycles. The third-order valence-corrected chi connectivity index (χ3v) is 4.28. The van der Waals surface area contributed by atoms with Crippen molar-refractivity contribution in [3.63, 3.8) is 0 Å². The van der Waals surface area contributed by atoms with E-state index < -0.39 is 42.2 Å². The van der Waals surface area contributed by atoms with Gasteiger partial charge in [-0.25, -0.2) is 8.78 Å². The minimum absolute atomic E-state index is 0.0252. The molecule has 0 bridgehead atoms. The van der Waals surface area contributed by atoms with Crippen molar-refractivity contribution >= 4 is 17.7 Å². The zero-order chi connectivity index (χ0) is 17.0. The highest BCUT2D eigenvalue weighted by Crippen LogP contribution is 2.27. The SMILES string of the molecule is NC(=O)[C@H](C[C@@H]1CCCNC1=O)NC(=O)[C@@H]1CC(F)(F)CCN1. The topological polar surface area (TPSA) is 113 Å². The molecule has 5 N–H and O–H groups in total. The lowest BCUT2D eigenvalue weighted by Gasteiger charge is -2.31. The maximum atomic E-state index is 13.4. The van der Waals surface area contributed by atoms with Gasteiger partial charge in [0.15, 0.2) is 0 Å².